The number of allylic oxidation sites excluding steroid dienone is 2. The van der Waals surface area contributed by atoms with Crippen molar-refractivity contribution in [3.05, 3.63) is 55.0 Å². The molecule has 2 aromatic rings. The van der Waals surface area contributed by atoms with Crippen LogP contribution in [0.3, 0.4) is 0 Å². The fraction of sp³-hybridized carbons (Fsp3) is 0.368. The molecule has 3 heterocycles. The van der Waals surface area contributed by atoms with Crippen LogP contribution in [0.15, 0.2) is 59.4 Å². The maximum atomic E-state index is 5.46. The number of rotatable bonds is 4. The molecule has 0 spiro atoms. The monoisotopic (exact) mass is 337 g/mol. The van der Waals surface area contributed by atoms with Crippen molar-refractivity contribution in [3.8, 4) is 11.5 Å². The highest BCUT2D eigenvalue weighted by Gasteiger charge is 2.36. The van der Waals surface area contributed by atoms with E-state index in [4.69, 9.17) is 4.42 Å². The number of nitrogens with one attached hydrogen (secondary N) is 1. The zero-order chi connectivity index (χ0) is 17.1. The van der Waals surface area contributed by atoms with E-state index in [2.05, 4.69) is 56.4 Å². The van der Waals surface area contributed by atoms with Crippen LogP contribution in [0.2, 0.25) is 0 Å². The molecule has 0 saturated carbocycles. The molecule has 1 aliphatic carbocycles. The Hall–Kier alpha value is -2.44. The van der Waals surface area contributed by atoms with Gasteiger partial charge in [0.05, 0.1) is 6.26 Å². The molecule has 6 nitrogen and oxygen atoms in total. The van der Waals surface area contributed by atoms with Crippen LogP contribution in [-0.4, -0.2) is 58.7 Å². The van der Waals surface area contributed by atoms with Crippen LogP contribution in [0.1, 0.15) is 6.42 Å². The normalized spacial score (nSPS) is 24.5. The molecular formula is C19H23N5O. The quantitative estimate of drug-likeness (QED) is 0.925. The number of anilines is 1. The summed E-state index contributed by atoms with van der Waals surface area (Å²) in [6, 6.07) is 5.64. The first-order chi connectivity index (χ1) is 12.3. The van der Waals surface area contributed by atoms with Gasteiger partial charge in [-0.05, 0) is 31.3 Å². The first-order valence-electron chi connectivity index (χ1n) is 8.68. The van der Waals surface area contributed by atoms with Gasteiger partial charge in [0.1, 0.15) is 11.4 Å². The number of piperazine rings is 1. The third-order valence-electron chi connectivity index (χ3n) is 4.87. The van der Waals surface area contributed by atoms with Gasteiger partial charge in [0.15, 0.2) is 5.76 Å². The van der Waals surface area contributed by atoms with E-state index in [1.165, 1.54) is 0 Å². The van der Waals surface area contributed by atoms with E-state index in [0.29, 0.717) is 5.95 Å². The summed E-state index contributed by atoms with van der Waals surface area (Å²) in [5, 5.41) is 3.59. The van der Waals surface area contributed by atoms with Crippen LogP contribution in [0.4, 0.5) is 5.95 Å². The number of likely N-dealkylation sites (N-methyl/N-ethyl adjacent to an activating group) is 1. The van der Waals surface area contributed by atoms with Gasteiger partial charge in [-0.15, -0.1) is 0 Å². The van der Waals surface area contributed by atoms with Crippen molar-refractivity contribution in [2.75, 3.05) is 38.5 Å². The van der Waals surface area contributed by atoms with Crippen LogP contribution < -0.4 is 5.32 Å². The number of hydrogen-bond acceptors (Lipinski definition) is 6. The van der Waals surface area contributed by atoms with Crippen LogP contribution in [0.25, 0.3) is 11.5 Å². The van der Waals surface area contributed by atoms with Crippen molar-refractivity contribution >= 4 is 5.95 Å². The number of aromatic nitrogens is 2. The Balaban J connectivity index is 1.60. The summed E-state index contributed by atoms with van der Waals surface area (Å²) < 4.78 is 5.46. The topological polar surface area (TPSA) is 57.4 Å². The summed E-state index contributed by atoms with van der Waals surface area (Å²) in [6.45, 7) is 4.15. The molecule has 1 aliphatic heterocycles. The fourth-order valence-corrected chi connectivity index (χ4v) is 3.39. The minimum Gasteiger partial charge on any atom is -0.463 e. The summed E-state index contributed by atoms with van der Waals surface area (Å²) >= 11 is 0. The second-order valence-electron chi connectivity index (χ2n) is 6.57. The van der Waals surface area contributed by atoms with Gasteiger partial charge in [0.25, 0.3) is 0 Å². The van der Waals surface area contributed by atoms with Crippen molar-refractivity contribution in [2.24, 2.45) is 0 Å². The average molecular weight is 337 g/mol. The first-order valence-corrected chi connectivity index (χ1v) is 8.68. The molecule has 130 valence electrons. The Morgan fingerprint density at radius 3 is 2.76 bits per heavy atom. The van der Waals surface area contributed by atoms with Crippen molar-refractivity contribution in [2.45, 2.75) is 12.1 Å². The Morgan fingerprint density at radius 1 is 1.16 bits per heavy atom. The molecule has 2 aliphatic rings. The Kier molecular flexibility index (Phi) is 4.38. The van der Waals surface area contributed by atoms with E-state index >= 15 is 0 Å². The lowest BCUT2D eigenvalue weighted by atomic mass is 9.97. The Labute approximate surface area is 147 Å². The molecule has 0 aromatic carbocycles. The van der Waals surface area contributed by atoms with Crippen molar-refractivity contribution < 1.29 is 4.42 Å². The van der Waals surface area contributed by atoms with Crippen LogP contribution >= 0.6 is 0 Å². The minimum atomic E-state index is -0.280. The van der Waals surface area contributed by atoms with Gasteiger partial charge in [-0.2, -0.15) is 0 Å². The summed E-state index contributed by atoms with van der Waals surface area (Å²) in [4.78, 5) is 13.9. The molecule has 25 heavy (non-hydrogen) atoms. The lowest BCUT2D eigenvalue weighted by Crippen LogP contribution is -2.59. The SMILES string of the molecule is CN1CCN(C2(Nc3nccc(-c4ccco4)n3)C=CC=CC2)CC1. The molecule has 4 rings (SSSR count). The van der Waals surface area contributed by atoms with Gasteiger partial charge < -0.3 is 14.6 Å². The molecule has 1 fully saturated rings. The second-order valence-corrected chi connectivity index (χ2v) is 6.57. The maximum absolute atomic E-state index is 5.46. The minimum absolute atomic E-state index is 0.280. The molecule has 0 amide bonds. The summed E-state index contributed by atoms with van der Waals surface area (Å²) in [5.74, 6) is 1.37. The van der Waals surface area contributed by atoms with Crippen LogP contribution in [0.5, 0.6) is 0 Å². The number of furan rings is 1. The molecule has 1 saturated heterocycles. The van der Waals surface area contributed by atoms with Gasteiger partial charge >= 0.3 is 0 Å². The molecular weight excluding hydrogens is 314 g/mol. The molecule has 0 radical (unpaired) electrons. The molecule has 0 bridgehead atoms. The van der Waals surface area contributed by atoms with E-state index in [1.54, 1.807) is 12.5 Å². The standard InChI is InChI=1S/C19H23N5O/c1-23-11-13-24(14-12-23)19(8-3-2-4-9-19)22-18-20-10-7-16(21-18)17-6-5-15-25-17/h2-8,10,15H,9,11-14H2,1H3,(H,20,21,22). The Morgan fingerprint density at radius 2 is 2.04 bits per heavy atom. The highest BCUT2D eigenvalue weighted by atomic mass is 16.3. The smallest absolute Gasteiger partial charge is 0.225 e. The van der Waals surface area contributed by atoms with Gasteiger partial charge in [-0.1, -0.05) is 18.2 Å². The number of hydrogen-bond donors (Lipinski definition) is 1. The van der Waals surface area contributed by atoms with Gasteiger partial charge in [-0.25, -0.2) is 9.97 Å². The fourth-order valence-electron chi connectivity index (χ4n) is 3.39. The van der Waals surface area contributed by atoms with E-state index < -0.39 is 0 Å². The first kappa shape index (κ1) is 16.1. The number of nitrogens with zero attached hydrogens (tertiary/aromatic N) is 4. The van der Waals surface area contributed by atoms with E-state index in [9.17, 15) is 0 Å². The van der Waals surface area contributed by atoms with E-state index in [-0.39, 0.29) is 5.66 Å². The largest absolute Gasteiger partial charge is 0.463 e. The van der Waals surface area contributed by atoms with E-state index in [1.807, 2.05) is 18.2 Å². The lowest BCUT2D eigenvalue weighted by molar-refractivity contribution is 0.0847. The highest BCUT2D eigenvalue weighted by Crippen LogP contribution is 2.28. The van der Waals surface area contributed by atoms with Gasteiger partial charge in [0.2, 0.25) is 5.95 Å². The predicted molar refractivity (Wildman–Crippen MR) is 98.1 cm³/mol. The van der Waals surface area contributed by atoms with Crippen LogP contribution in [0, 0.1) is 0 Å². The highest BCUT2D eigenvalue weighted by molar-refractivity contribution is 5.53. The van der Waals surface area contributed by atoms with Gasteiger partial charge in [0, 0.05) is 38.8 Å². The second kappa shape index (κ2) is 6.82. The molecule has 1 N–H and O–H groups in total. The van der Waals surface area contributed by atoms with Gasteiger partial charge in [-0.3, -0.25) is 4.90 Å². The van der Waals surface area contributed by atoms with Crippen molar-refractivity contribution in [1.82, 2.24) is 19.8 Å². The average Bonchev–Trinajstić information content (AvgIpc) is 3.18. The molecule has 1 unspecified atom stereocenters. The third-order valence-corrected chi connectivity index (χ3v) is 4.87. The Bertz CT molecular complexity index is 762. The molecule has 6 heteroatoms. The van der Waals surface area contributed by atoms with Crippen LogP contribution in [-0.2, 0) is 0 Å². The predicted octanol–water partition coefficient (Wildman–Crippen LogP) is 2.61. The summed E-state index contributed by atoms with van der Waals surface area (Å²) in [7, 11) is 2.17. The molecule has 2 aromatic heterocycles. The molecule has 1 atom stereocenters. The van der Waals surface area contributed by atoms with E-state index in [0.717, 1.165) is 44.1 Å². The third kappa shape index (κ3) is 3.36. The summed E-state index contributed by atoms with van der Waals surface area (Å²) in [5.41, 5.74) is 0.504. The summed E-state index contributed by atoms with van der Waals surface area (Å²) in [6.07, 6.45) is 12.9. The zero-order valence-electron chi connectivity index (χ0n) is 14.4. The maximum Gasteiger partial charge on any atom is 0.225 e. The lowest BCUT2D eigenvalue weighted by Gasteiger charge is -2.46. The van der Waals surface area contributed by atoms with Crippen molar-refractivity contribution in [1.29, 1.82) is 0 Å². The zero-order valence-corrected chi connectivity index (χ0v) is 14.4. The van der Waals surface area contributed by atoms with Crippen molar-refractivity contribution in [3.63, 3.8) is 0 Å².